The zero-order valence-electron chi connectivity index (χ0n) is 13.6. The van der Waals surface area contributed by atoms with Crippen LogP contribution in [0.2, 0.25) is 0 Å². The van der Waals surface area contributed by atoms with Crippen molar-refractivity contribution in [2.45, 2.75) is 32.7 Å². The third-order valence-electron chi connectivity index (χ3n) is 4.06. The Morgan fingerprint density at radius 3 is 2.92 bits per heavy atom. The highest BCUT2D eigenvalue weighted by atomic mass is 32.1. The minimum absolute atomic E-state index is 0.121. The van der Waals surface area contributed by atoms with Gasteiger partial charge in [-0.05, 0) is 13.3 Å². The highest BCUT2D eigenvalue weighted by molar-refractivity contribution is 7.20. The largest absolute Gasteiger partial charge is 0.344 e. The zero-order chi connectivity index (χ0) is 16.9. The maximum atomic E-state index is 11.7. The van der Waals surface area contributed by atoms with Crippen LogP contribution in [-0.4, -0.2) is 43.7 Å². The molecule has 9 nitrogen and oxygen atoms in total. The fourth-order valence-electron chi connectivity index (χ4n) is 3.07. The number of carbonyl (C=O) groups is 1. The van der Waals surface area contributed by atoms with Gasteiger partial charge in [0.15, 0.2) is 5.82 Å². The maximum absolute atomic E-state index is 11.7. The fraction of sp³-hybridized carbons (Fsp3) is 0.500. The van der Waals surface area contributed by atoms with Gasteiger partial charge in [0.05, 0.1) is 18.4 Å². The Balaban J connectivity index is 1.65. The van der Waals surface area contributed by atoms with Gasteiger partial charge in [0.1, 0.15) is 5.54 Å². The van der Waals surface area contributed by atoms with Crippen LogP contribution >= 0.6 is 11.3 Å². The first-order chi connectivity index (χ1) is 11.4. The number of hydrogen-bond donors (Lipinski definition) is 1. The lowest BCUT2D eigenvalue weighted by Crippen LogP contribution is -2.48. The van der Waals surface area contributed by atoms with Gasteiger partial charge in [0, 0.05) is 20.4 Å². The van der Waals surface area contributed by atoms with E-state index < -0.39 is 5.54 Å². The smallest absolute Gasteiger partial charge is 0.223 e. The van der Waals surface area contributed by atoms with Gasteiger partial charge in [0.2, 0.25) is 21.9 Å². The van der Waals surface area contributed by atoms with Gasteiger partial charge in [-0.1, -0.05) is 16.5 Å². The third-order valence-corrected chi connectivity index (χ3v) is 5.05. The SMILES string of the molecule is CC(=O)N[C@@]1(c2noc(C)n2)CCN(c2nn3cc(C)nc3s2)C1. The molecule has 1 amide bonds. The molecular formula is C14H17N7O2S. The van der Waals surface area contributed by atoms with Crippen LogP contribution in [0.15, 0.2) is 10.7 Å². The first-order valence-electron chi connectivity index (χ1n) is 7.62. The predicted octanol–water partition coefficient (Wildman–Crippen LogP) is 1.03. The molecule has 126 valence electrons. The van der Waals surface area contributed by atoms with E-state index in [2.05, 4.69) is 30.4 Å². The maximum Gasteiger partial charge on any atom is 0.223 e. The van der Waals surface area contributed by atoms with Crippen LogP contribution in [0.5, 0.6) is 0 Å². The zero-order valence-corrected chi connectivity index (χ0v) is 14.4. The molecule has 0 aromatic carbocycles. The number of nitrogens with one attached hydrogen (secondary N) is 1. The van der Waals surface area contributed by atoms with Crippen molar-refractivity contribution in [1.29, 1.82) is 0 Å². The van der Waals surface area contributed by atoms with Crippen LogP contribution in [0.25, 0.3) is 4.96 Å². The Bertz CT molecular complexity index is 882. The second kappa shape index (κ2) is 5.26. The summed E-state index contributed by atoms with van der Waals surface area (Å²) in [5.74, 6) is 0.870. The molecule has 0 radical (unpaired) electrons. The first kappa shape index (κ1) is 15.1. The van der Waals surface area contributed by atoms with E-state index in [4.69, 9.17) is 4.52 Å². The molecule has 1 N–H and O–H groups in total. The van der Waals surface area contributed by atoms with E-state index in [9.17, 15) is 4.79 Å². The Labute approximate surface area is 141 Å². The van der Waals surface area contributed by atoms with Crippen molar-refractivity contribution < 1.29 is 9.32 Å². The Hall–Kier alpha value is -2.49. The summed E-state index contributed by atoms with van der Waals surface area (Å²) < 4.78 is 6.90. The minimum Gasteiger partial charge on any atom is -0.344 e. The average molecular weight is 347 g/mol. The number of nitrogens with zero attached hydrogens (tertiary/aromatic N) is 6. The van der Waals surface area contributed by atoms with E-state index in [1.807, 2.05) is 13.1 Å². The van der Waals surface area contributed by atoms with Crippen LogP contribution in [-0.2, 0) is 10.3 Å². The average Bonchev–Trinajstić information content (AvgIpc) is 3.21. The Kier molecular flexibility index (Phi) is 3.30. The van der Waals surface area contributed by atoms with Crippen molar-refractivity contribution >= 4 is 27.3 Å². The summed E-state index contributed by atoms with van der Waals surface area (Å²) in [5.41, 5.74) is 0.282. The van der Waals surface area contributed by atoms with E-state index in [0.717, 1.165) is 22.3 Å². The molecule has 0 saturated carbocycles. The van der Waals surface area contributed by atoms with Gasteiger partial charge in [-0.25, -0.2) is 9.50 Å². The summed E-state index contributed by atoms with van der Waals surface area (Å²) in [6, 6.07) is 0. The number of imidazole rings is 1. The quantitative estimate of drug-likeness (QED) is 0.755. The molecule has 0 bridgehead atoms. The summed E-state index contributed by atoms with van der Waals surface area (Å²) in [5, 5.41) is 12.5. The molecular weight excluding hydrogens is 330 g/mol. The number of aryl methyl sites for hydroxylation is 2. The molecule has 0 unspecified atom stereocenters. The van der Waals surface area contributed by atoms with Crippen molar-refractivity contribution in [1.82, 2.24) is 30.1 Å². The van der Waals surface area contributed by atoms with Crippen molar-refractivity contribution in [2.75, 3.05) is 18.0 Å². The summed E-state index contributed by atoms with van der Waals surface area (Å²) in [6.45, 7) is 6.46. The second-order valence-electron chi connectivity index (χ2n) is 6.07. The van der Waals surface area contributed by atoms with Crippen LogP contribution in [0.4, 0.5) is 5.13 Å². The summed E-state index contributed by atoms with van der Waals surface area (Å²) in [4.78, 5) is 23.5. The van der Waals surface area contributed by atoms with Gasteiger partial charge >= 0.3 is 0 Å². The van der Waals surface area contributed by atoms with Crippen LogP contribution < -0.4 is 10.2 Å². The second-order valence-corrected chi connectivity index (χ2v) is 7.00. The molecule has 4 heterocycles. The number of rotatable bonds is 3. The molecule has 1 aliphatic heterocycles. The topological polar surface area (TPSA) is 101 Å². The highest BCUT2D eigenvalue weighted by Gasteiger charge is 2.45. The molecule has 3 aromatic heterocycles. The molecule has 0 spiro atoms. The number of hydrogen-bond acceptors (Lipinski definition) is 8. The van der Waals surface area contributed by atoms with E-state index in [0.29, 0.717) is 24.7 Å². The number of amides is 1. The molecule has 1 saturated heterocycles. The third kappa shape index (κ3) is 2.42. The Morgan fingerprint density at radius 2 is 2.25 bits per heavy atom. The molecule has 0 aliphatic carbocycles. The van der Waals surface area contributed by atoms with Crippen molar-refractivity contribution in [3.63, 3.8) is 0 Å². The van der Waals surface area contributed by atoms with E-state index in [1.165, 1.54) is 18.3 Å². The normalized spacial score (nSPS) is 20.9. The van der Waals surface area contributed by atoms with Gasteiger partial charge in [-0.2, -0.15) is 4.98 Å². The van der Waals surface area contributed by atoms with E-state index >= 15 is 0 Å². The molecule has 3 aromatic rings. The number of aromatic nitrogens is 5. The molecule has 4 rings (SSSR count). The predicted molar refractivity (Wildman–Crippen MR) is 87.0 cm³/mol. The molecule has 1 fully saturated rings. The monoisotopic (exact) mass is 347 g/mol. The molecule has 1 atom stereocenters. The Morgan fingerprint density at radius 1 is 1.42 bits per heavy atom. The number of fused-ring (bicyclic) bond motifs is 1. The summed E-state index contributed by atoms with van der Waals surface area (Å²) in [6.07, 6.45) is 2.58. The van der Waals surface area contributed by atoms with E-state index in [1.54, 1.807) is 11.4 Å². The van der Waals surface area contributed by atoms with E-state index in [-0.39, 0.29) is 5.91 Å². The van der Waals surface area contributed by atoms with Gasteiger partial charge in [-0.15, -0.1) is 5.10 Å². The van der Waals surface area contributed by atoms with Crippen LogP contribution in [0.1, 0.15) is 30.8 Å². The van der Waals surface area contributed by atoms with Gasteiger partial charge in [0.25, 0.3) is 0 Å². The lowest BCUT2D eigenvalue weighted by molar-refractivity contribution is -0.120. The number of carbonyl (C=O) groups excluding carboxylic acids is 1. The molecule has 24 heavy (non-hydrogen) atoms. The highest BCUT2D eigenvalue weighted by Crippen LogP contribution is 2.35. The van der Waals surface area contributed by atoms with Crippen LogP contribution in [0, 0.1) is 13.8 Å². The summed E-state index contributed by atoms with van der Waals surface area (Å²) >= 11 is 1.53. The first-order valence-corrected chi connectivity index (χ1v) is 8.44. The lowest BCUT2D eigenvalue weighted by atomic mass is 9.97. The van der Waals surface area contributed by atoms with Crippen molar-refractivity contribution in [2.24, 2.45) is 0 Å². The molecule has 1 aliphatic rings. The minimum atomic E-state index is -0.659. The molecule has 10 heteroatoms. The standard InChI is InChI=1S/C14H17N7O2S/c1-8-6-21-12(15-8)24-13(18-21)20-5-4-14(7-20,17-9(2)22)11-16-10(3)23-19-11/h6H,4-5,7H2,1-3H3,(H,17,22)/t14-/m0/s1. The van der Waals surface area contributed by atoms with Crippen molar-refractivity contribution in [3.8, 4) is 0 Å². The van der Waals surface area contributed by atoms with Gasteiger partial charge in [-0.3, -0.25) is 4.79 Å². The fourth-order valence-corrected chi connectivity index (χ4v) is 4.02. The summed E-state index contributed by atoms with van der Waals surface area (Å²) in [7, 11) is 0. The van der Waals surface area contributed by atoms with Crippen molar-refractivity contribution in [3.05, 3.63) is 23.6 Å². The number of anilines is 1. The lowest BCUT2D eigenvalue weighted by Gasteiger charge is -2.26. The van der Waals surface area contributed by atoms with Gasteiger partial charge < -0.3 is 14.7 Å². The van der Waals surface area contributed by atoms with Crippen LogP contribution in [0.3, 0.4) is 0 Å².